The Balaban J connectivity index is 1.71. The maximum absolute atomic E-state index is 7.09. The lowest BCUT2D eigenvalue weighted by Gasteiger charge is -2.41. The Bertz CT molecular complexity index is 1570. The molecule has 0 radical (unpaired) electrons. The van der Waals surface area contributed by atoms with Gasteiger partial charge in [-0.2, -0.15) is 0 Å². The second-order valence-electron chi connectivity index (χ2n) is 22.1. The van der Waals surface area contributed by atoms with Crippen LogP contribution in [-0.2, 0) is 17.6 Å². The number of rotatable bonds is 36. The molecular weight excluding hydrogens is 797 g/mol. The monoisotopic (exact) mass is 903 g/mol. The molecule has 4 rings (SSSR count). The molecule has 0 N–H and O–H groups in total. The predicted molar refractivity (Wildman–Crippen MR) is 280 cm³/mol. The highest BCUT2D eigenvalue weighted by atomic mass is 16.8. The zero-order valence-corrected chi connectivity index (χ0v) is 45.1. The molecule has 2 aliphatic heterocycles. The van der Waals surface area contributed by atoms with Gasteiger partial charge in [-0.15, -0.1) is 0 Å². The molecule has 5 nitrogen and oxygen atoms in total. The molecule has 2 aromatic carbocycles. The number of fused-ring (bicyclic) bond motifs is 6. The van der Waals surface area contributed by atoms with E-state index in [4.69, 9.17) is 14.2 Å². The van der Waals surface area contributed by atoms with Crippen LogP contribution in [0.1, 0.15) is 269 Å². The summed E-state index contributed by atoms with van der Waals surface area (Å²) in [7, 11) is 0. The van der Waals surface area contributed by atoms with Crippen molar-refractivity contribution in [2.75, 3.05) is 52.4 Å². The van der Waals surface area contributed by atoms with Gasteiger partial charge in [0, 0.05) is 0 Å². The van der Waals surface area contributed by atoms with E-state index in [1.165, 1.54) is 212 Å². The van der Waals surface area contributed by atoms with Crippen molar-refractivity contribution in [3.63, 3.8) is 0 Å². The van der Waals surface area contributed by atoms with E-state index in [0.717, 1.165) is 35.5 Å². The van der Waals surface area contributed by atoms with Crippen molar-refractivity contribution >= 4 is 0 Å². The summed E-state index contributed by atoms with van der Waals surface area (Å²) in [5, 5.41) is 0. The molecule has 0 aliphatic carbocycles. The van der Waals surface area contributed by atoms with Crippen LogP contribution in [0.2, 0.25) is 0 Å². The van der Waals surface area contributed by atoms with Gasteiger partial charge in [0.15, 0.2) is 0 Å². The molecule has 0 aromatic heterocycles. The molecular formula is C60H106N2O3+2. The summed E-state index contributed by atoms with van der Waals surface area (Å²) in [6, 6.07) is 9.82. The molecule has 372 valence electrons. The van der Waals surface area contributed by atoms with E-state index in [2.05, 4.69) is 107 Å². The van der Waals surface area contributed by atoms with Gasteiger partial charge in [0.25, 0.3) is 0 Å². The van der Waals surface area contributed by atoms with Gasteiger partial charge in [-0.05, 0) is 129 Å². The Kier molecular flexibility index (Phi) is 24.8. The second-order valence-corrected chi connectivity index (χ2v) is 22.1. The third kappa shape index (κ3) is 16.5. The Morgan fingerprint density at radius 3 is 1.12 bits per heavy atom. The average Bonchev–Trinajstić information content (AvgIpc) is 3.30. The Labute approximate surface area is 403 Å². The first-order valence-corrected chi connectivity index (χ1v) is 28.5. The predicted octanol–water partition coefficient (Wildman–Crippen LogP) is 17.3. The first-order chi connectivity index (χ1) is 31.4. The summed E-state index contributed by atoms with van der Waals surface area (Å²) in [5.74, 6) is 4.05. The summed E-state index contributed by atoms with van der Waals surface area (Å²) in [4.78, 5) is 0. The van der Waals surface area contributed by atoms with Crippen LogP contribution in [0.4, 0.5) is 0 Å². The molecule has 2 heterocycles. The lowest BCUT2D eigenvalue weighted by molar-refractivity contribution is -0.930. The normalized spacial score (nSPS) is 17.0. The number of nitrogens with zero attached hydrogens (tertiary/aromatic N) is 2. The topological polar surface area (TPSA) is 27.7 Å². The maximum Gasteiger partial charge on any atom is 0.233 e. The maximum atomic E-state index is 7.09. The minimum Gasteiger partial charge on any atom is -0.459 e. The quantitative estimate of drug-likeness (QED) is 0.0638. The van der Waals surface area contributed by atoms with Crippen molar-refractivity contribution in [3.05, 3.63) is 57.6 Å². The molecule has 4 unspecified atom stereocenters. The van der Waals surface area contributed by atoms with Crippen molar-refractivity contribution in [1.29, 1.82) is 0 Å². The lowest BCUT2D eigenvalue weighted by atomic mass is 9.86. The standard InChI is InChI=1S/C60H106N2O3/c1-13-21-30-49(29-20-8)41-51-43-53(47(9)10)57-55(45-51)59-64-58-54(48(11)12)44-52(46-56(58)60(63-57)65-59)42-50(32-40-62(36-25-17-5,37-26-18-6)38-27-19-7)31-28-39-61(33-22-14-2,34-23-15-3)35-24-16-4/h43-50,59-60H,13-42H2,1-12H3/q+2. The molecule has 5 heteroatoms. The lowest BCUT2D eigenvalue weighted by Crippen LogP contribution is -2.51. The Hall–Kier alpha value is -2.08. The fourth-order valence-electron chi connectivity index (χ4n) is 11.6. The second kappa shape index (κ2) is 29.1. The van der Waals surface area contributed by atoms with Gasteiger partial charge in [-0.1, -0.05) is 166 Å². The first-order valence-electron chi connectivity index (χ1n) is 28.5. The van der Waals surface area contributed by atoms with Gasteiger partial charge in [-0.25, -0.2) is 0 Å². The van der Waals surface area contributed by atoms with Gasteiger partial charge in [0.05, 0.1) is 63.5 Å². The number of quaternary nitrogens is 2. The third-order valence-corrected chi connectivity index (χ3v) is 15.7. The van der Waals surface area contributed by atoms with Crippen LogP contribution in [0.3, 0.4) is 0 Å². The molecule has 0 saturated carbocycles. The fourth-order valence-corrected chi connectivity index (χ4v) is 11.6. The van der Waals surface area contributed by atoms with Crippen molar-refractivity contribution in [3.8, 4) is 11.5 Å². The zero-order valence-electron chi connectivity index (χ0n) is 45.1. The van der Waals surface area contributed by atoms with Gasteiger partial charge < -0.3 is 18.4 Å². The molecule has 2 aliphatic rings. The largest absolute Gasteiger partial charge is 0.459 e. The number of unbranched alkanes of at least 4 members (excludes halogenated alkanes) is 7. The van der Waals surface area contributed by atoms with E-state index < -0.39 is 12.6 Å². The van der Waals surface area contributed by atoms with Crippen molar-refractivity contribution in [2.24, 2.45) is 11.8 Å². The fraction of sp³-hybridized carbons (Fsp3) is 0.800. The smallest absolute Gasteiger partial charge is 0.233 e. The molecule has 0 saturated heterocycles. The highest BCUT2D eigenvalue weighted by molar-refractivity contribution is 5.53. The van der Waals surface area contributed by atoms with Gasteiger partial charge in [0.2, 0.25) is 12.6 Å². The van der Waals surface area contributed by atoms with E-state index >= 15 is 0 Å². The van der Waals surface area contributed by atoms with E-state index in [0.29, 0.717) is 23.7 Å². The van der Waals surface area contributed by atoms with E-state index in [-0.39, 0.29) is 0 Å². The molecule has 0 spiro atoms. The molecule has 2 bridgehead atoms. The molecule has 0 amide bonds. The highest BCUT2D eigenvalue weighted by Gasteiger charge is 2.41. The van der Waals surface area contributed by atoms with Crippen LogP contribution in [0, 0.1) is 11.8 Å². The summed E-state index contributed by atoms with van der Waals surface area (Å²) >= 11 is 0. The van der Waals surface area contributed by atoms with Crippen molar-refractivity contribution in [1.82, 2.24) is 0 Å². The van der Waals surface area contributed by atoms with Crippen molar-refractivity contribution in [2.45, 2.75) is 249 Å². The van der Waals surface area contributed by atoms with Gasteiger partial charge in [-0.3, -0.25) is 4.74 Å². The third-order valence-electron chi connectivity index (χ3n) is 15.7. The number of benzene rings is 2. The summed E-state index contributed by atoms with van der Waals surface area (Å²) in [6.07, 6.45) is 27.5. The van der Waals surface area contributed by atoms with E-state index in [1.54, 1.807) is 0 Å². The Morgan fingerprint density at radius 2 is 0.754 bits per heavy atom. The summed E-state index contributed by atoms with van der Waals surface area (Å²) < 4.78 is 23.7. The Morgan fingerprint density at radius 1 is 0.400 bits per heavy atom. The van der Waals surface area contributed by atoms with E-state index in [9.17, 15) is 0 Å². The van der Waals surface area contributed by atoms with Crippen LogP contribution in [0.5, 0.6) is 11.5 Å². The average molecular weight is 904 g/mol. The van der Waals surface area contributed by atoms with Gasteiger partial charge >= 0.3 is 0 Å². The highest BCUT2D eigenvalue weighted by Crippen LogP contribution is 2.52. The van der Waals surface area contributed by atoms with E-state index in [1.807, 2.05) is 0 Å². The first kappa shape index (κ1) is 55.5. The van der Waals surface area contributed by atoms with Crippen LogP contribution < -0.4 is 9.47 Å². The van der Waals surface area contributed by atoms with Crippen LogP contribution in [-0.4, -0.2) is 61.3 Å². The number of hydrogen-bond acceptors (Lipinski definition) is 3. The number of hydrogen-bond donors (Lipinski definition) is 0. The minimum absolute atomic E-state index is 0.335. The molecule has 4 atom stereocenters. The minimum atomic E-state index is -0.456. The van der Waals surface area contributed by atoms with Crippen LogP contribution >= 0.6 is 0 Å². The molecule has 2 aromatic rings. The SMILES string of the molecule is CCCCC(CCC)Cc1cc(C(C)C)c2c(c1)C1Oc3c(C(C)C)cc(CC(CCC[N+](CCCC)(CCCC)CCCC)CC[N+](CCCC)(CCCC)CCCC)cc3C(O2)O1. The van der Waals surface area contributed by atoms with Crippen molar-refractivity contribution < 1.29 is 23.2 Å². The summed E-state index contributed by atoms with van der Waals surface area (Å²) in [5.41, 5.74) is 7.66. The molecule has 0 fully saturated rings. The van der Waals surface area contributed by atoms with Crippen LogP contribution in [0.25, 0.3) is 0 Å². The number of ether oxygens (including phenoxy) is 3. The zero-order chi connectivity index (χ0) is 47.2. The molecule has 65 heavy (non-hydrogen) atoms. The van der Waals surface area contributed by atoms with Gasteiger partial charge in [0.1, 0.15) is 11.5 Å². The summed E-state index contributed by atoms with van der Waals surface area (Å²) in [6.45, 7) is 39.1. The van der Waals surface area contributed by atoms with Crippen LogP contribution in [0.15, 0.2) is 24.3 Å².